The number of rotatable bonds is 8. The van der Waals surface area contributed by atoms with E-state index in [9.17, 15) is 19.5 Å². The van der Waals surface area contributed by atoms with Gasteiger partial charge < -0.3 is 24.5 Å². The van der Waals surface area contributed by atoms with Crippen molar-refractivity contribution in [3.8, 4) is 0 Å². The molecule has 1 atom stereocenters. The summed E-state index contributed by atoms with van der Waals surface area (Å²) in [6, 6.07) is 0. The average Bonchev–Trinajstić information content (AvgIpc) is 3.01. The van der Waals surface area contributed by atoms with Gasteiger partial charge >= 0.3 is 12.2 Å². The first-order valence-electron chi connectivity index (χ1n) is 16.8. The zero-order valence-electron chi connectivity index (χ0n) is 27.2. The number of hydrogen-bond donors (Lipinski definition) is 1. The molecule has 4 aliphatic rings. The van der Waals surface area contributed by atoms with Crippen LogP contribution in [-0.4, -0.2) is 116 Å². The molecule has 0 saturated carbocycles. The summed E-state index contributed by atoms with van der Waals surface area (Å²) < 4.78 is 6.42. The molecule has 244 valence electrons. The lowest BCUT2D eigenvalue weighted by molar-refractivity contribution is -0.133. The van der Waals surface area contributed by atoms with Crippen LogP contribution in [0.1, 0.15) is 99.8 Å². The monoisotopic (exact) mass is 612 g/mol. The van der Waals surface area contributed by atoms with E-state index in [-0.39, 0.29) is 17.5 Å². The molecular formula is C33H52N6O5. The Morgan fingerprint density at radius 3 is 2.18 bits per heavy atom. The van der Waals surface area contributed by atoms with Gasteiger partial charge in [0.05, 0.1) is 17.0 Å². The van der Waals surface area contributed by atoms with Crippen LogP contribution in [-0.2, 0) is 4.74 Å². The van der Waals surface area contributed by atoms with Gasteiger partial charge in [0.15, 0.2) is 0 Å². The van der Waals surface area contributed by atoms with Gasteiger partial charge in [-0.05, 0) is 65.2 Å². The maximum absolute atomic E-state index is 13.4. The smallest absolute Gasteiger partial charge is 0.410 e. The Morgan fingerprint density at radius 1 is 0.955 bits per heavy atom. The van der Waals surface area contributed by atoms with E-state index >= 15 is 0 Å². The lowest BCUT2D eigenvalue weighted by Gasteiger charge is -2.55. The van der Waals surface area contributed by atoms with Crippen molar-refractivity contribution in [3.05, 3.63) is 23.3 Å². The number of nitrogens with zero attached hydrogens (tertiary/aromatic N) is 6. The first kappa shape index (κ1) is 32.4. The number of ether oxygens (including phenoxy) is 1. The molecule has 3 amide bonds. The van der Waals surface area contributed by atoms with Crippen LogP contribution in [0, 0.1) is 25.7 Å². The lowest BCUT2D eigenvalue weighted by Crippen LogP contribution is -2.63. The summed E-state index contributed by atoms with van der Waals surface area (Å²) in [6.07, 6.45) is 9.97. The van der Waals surface area contributed by atoms with Crippen LogP contribution < -0.4 is 0 Å². The minimum Gasteiger partial charge on any atom is -0.465 e. The van der Waals surface area contributed by atoms with Gasteiger partial charge in [-0.1, -0.05) is 19.8 Å². The second-order valence-electron chi connectivity index (χ2n) is 13.9. The number of likely N-dealkylation sites (tertiary alicyclic amines) is 3. The van der Waals surface area contributed by atoms with Crippen molar-refractivity contribution >= 4 is 18.1 Å². The van der Waals surface area contributed by atoms with Crippen LogP contribution in [0.25, 0.3) is 0 Å². The Hall–Kier alpha value is -2.95. The van der Waals surface area contributed by atoms with E-state index < -0.39 is 11.7 Å². The molecule has 0 bridgehead atoms. The van der Waals surface area contributed by atoms with E-state index in [1.54, 1.807) is 0 Å². The Labute approximate surface area is 262 Å². The maximum Gasteiger partial charge on any atom is 0.410 e. The van der Waals surface area contributed by atoms with Gasteiger partial charge in [-0.25, -0.2) is 19.6 Å². The fourth-order valence-electron chi connectivity index (χ4n) is 8.07. The highest BCUT2D eigenvalue weighted by atomic mass is 16.6. The van der Waals surface area contributed by atoms with E-state index in [4.69, 9.17) is 4.74 Å². The van der Waals surface area contributed by atoms with E-state index in [0.29, 0.717) is 50.1 Å². The number of aryl methyl sites for hydroxylation is 2. The number of amides is 3. The summed E-state index contributed by atoms with van der Waals surface area (Å²) in [5, 5.41) is 9.24. The van der Waals surface area contributed by atoms with Crippen molar-refractivity contribution in [1.82, 2.24) is 29.6 Å². The highest BCUT2D eigenvalue weighted by molar-refractivity contribution is 5.96. The fraction of sp³-hybridized carbons (Fsp3) is 0.788. The Kier molecular flexibility index (Phi) is 10.0. The normalized spacial score (nSPS) is 24.4. The van der Waals surface area contributed by atoms with Crippen LogP contribution in [0.3, 0.4) is 0 Å². The van der Waals surface area contributed by atoms with Gasteiger partial charge in [0.2, 0.25) is 0 Å². The second-order valence-corrected chi connectivity index (χ2v) is 13.9. The quantitative estimate of drug-likeness (QED) is 0.438. The van der Waals surface area contributed by atoms with E-state index in [1.165, 1.54) is 11.2 Å². The summed E-state index contributed by atoms with van der Waals surface area (Å²) in [4.78, 5) is 54.4. The number of carbonyl (C=O) groups is 3. The third-order valence-corrected chi connectivity index (χ3v) is 11.3. The molecule has 0 radical (unpaired) electrons. The minimum atomic E-state index is -0.837. The fourth-order valence-corrected chi connectivity index (χ4v) is 8.07. The average molecular weight is 613 g/mol. The molecule has 11 heteroatoms. The van der Waals surface area contributed by atoms with E-state index in [1.807, 2.05) is 23.6 Å². The zero-order valence-corrected chi connectivity index (χ0v) is 27.2. The lowest BCUT2D eigenvalue weighted by atomic mass is 9.74. The number of aromatic nitrogens is 2. The van der Waals surface area contributed by atoms with Crippen LogP contribution >= 0.6 is 0 Å². The molecule has 1 aromatic heterocycles. The number of carbonyl (C=O) groups excluding carboxylic acids is 2. The van der Waals surface area contributed by atoms with Crippen LogP contribution in [0.5, 0.6) is 0 Å². The van der Waals surface area contributed by atoms with Gasteiger partial charge in [0.1, 0.15) is 11.9 Å². The van der Waals surface area contributed by atoms with Crippen molar-refractivity contribution in [2.45, 2.75) is 103 Å². The van der Waals surface area contributed by atoms with Crippen LogP contribution in [0.4, 0.5) is 9.59 Å². The summed E-state index contributed by atoms with van der Waals surface area (Å²) in [5.41, 5.74) is 1.70. The molecule has 1 aromatic rings. The zero-order chi connectivity index (χ0) is 31.5. The number of carboxylic acid groups (broad SMARTS) is 1. The van der Waals surface area contributed by atoms with E-state index in [0.717, 1.165) is 95.2 Å². The summed E-state index contributed by atoms with van der Waals surface area (Å²) in [5.74, 6) is 0.801. The molecule has 4 fully saturated rings. The molecule has 5 rings (SSSR count). The van der Waals surface area contributed by atoms with E-state index in [2.05, 4.69) is 28.7 Å². The summed E-state index contributed by atoms with van der Waals surface area (Å²) in [7, 11) is 0. The predicted octanol–water partition coefficient (Wildman–Crippen LogP) is 4.96. The first-order valence-corrected chi connectivity index (χ1v) is 16.8. The molecule has 4 aliphatic heterocycles. The topological polar surface area (TPSA) is 119 Å². The highest BCUT2D eigenvalue weighted by Gasteiger charge is 2.51. The second kappa shape index (κ2) is 13.6. The Bertz CT molecular complexity index is 1160. The van der Waals surface area contributed by atoms with Gasteiger partial charge in [0.25, 0.3) is 5.91 Å². The number of hydrogen-bond acceptors (Lipinski definition) is 7. The molecule has 5 heterocycles. The van der Waals surface area contributed by atoms with Gasteiger partial charge in [-0.3, -0.25) is 9.69 Å². The molecule has 0 aliphatic carbocycles. The summed E-state index contributed by atoms with van der Waals surface area (Å²) >= 11 is 0. The summed E-state index contributed by atoms with van der Waals surface area (Å²) in [6.45, 7) is 14.1. The first-order chi connectivity index (χ1) is 21.0. The van der Waals surface area contributed by atoms with Crippen molar-refractivity contribution in [2.75, 3.05) is 52.4 Å². The number of unbranched alkanes of at least 4 members (excludes halogenated alkanes) is 1. The SMILES string of the molecule is CCCCC1CN(CCC2CCN(C(=O)O)CC2)C(=O)OC12CCN(C1(C)CCN(C(=O)c3c(C)ncnc3C)CC1)CC2. The predicted molar refractivity (Wildman–Crippen MR) is 167 cm³/mol. The molecule has 11 nitrogen and oxygen atoms in total. The largest absolute Gasteiger partial charge is 0.465 e. The molecule has 44 heavy (non-hydrogen) atoms. The standard InChI is InChI=1S/C33H52N6O5/c1-5-6-7-27-22-38(17-10-26-8-15-37(16-9-26)30(41)42)31(43)44-33(27)13-20-39(21-14-33)32(4)11-18-36(19-12-32)29(40)28-24(2)34-23-35-25(28)3/h23,26-27H,5-22H2,1-4H3,(H,41,42). The van der Waals surface area contributed by atoms with Gasteiger partial charge in [-0.2, -0.15) is 0 Å². The number of piperidine rings is 3. The van der Waals surface area contributed by atoms with Crippen molar-refractivity contribution in [3.63, 3.8) is 0 Å². The Balaban J connectivity index is 1.15. The van der Waals surface area contributed by atoms with Gasteiger partial charge in [0, 0.05) is 76.7 Å². The van der Waals surface area contributed by atoms with Gasteiger partial charge in [-0.15, -0.1) is 0 Å². The third-order valence-electron chi connectivity index (χ3n) is 11.3. The van der Waals surface area contributed by atoms with Crippen molar-refractivity contribution in [1.29, 1.82) is 0 Å². The molecule has 4 saturated heterocycles. The van der Waals surface area contributed by atoms with Crippen LogP contribution in [0.15, 0.2) is 6.33 Å². The maximum atomic E-state index is 13.4. The minimum absolute atomic E-state index is 0.00943. The van der Waals surface area contributed by atoms with Crippen molar-refractivity contribution in [2.24, 2.45) is 11.8 Å². The molecule has 1 N–H and O–H groups in total. The third kappa shape index (κ3) is 6.82. The highest BCUT2D eigenvalue weighted by Crippen LogP contribution is 2.43. The Morgan fingerprint density at radius 2 is 1.59 bits per heavy atom. The molecule has 0 aromatic carbocycles. The molecule has 1 spiro atoms. The molecular weight excluding hydrogens is 560 g/mol. The van der Waals surface area contributed by atoms with Crippen molar-refractivity contribution < 1.29 is 24.2 Å². The molecule has 1 unspecified atom stereocenters. The van der Waals surface area contributed by atoms with Crippen LogP contribution in [0.2, 0.25) is 0 Å².